The minimum absolute atomic E-state index is 0.0603. The predicted molar refractivity (Wildman–Crippen MR) is 67.0 cm³/mol. The van der Waals surface area contributed by atoms with Crippen LogP contribution in [0.4, 0.5) is 5.69 Å². The first-order chi connectivity index (χ1) is 7.74. The average Bonchev–Trinajstić information content (AvgIpc) is 2.28. The normalized spacial score (nSPS) is 9.75. The highest BCUT2D eigenvalue weighted by molar-refractivity contribution is 5.76. The number of rotatable bonds is 6. The van der Waals surface area contributed by atoms with E-state index in [0.29, 0.717) is 19.4 Å². The molecule has 0 spiro atoms. The van der Waals surface area contributed by atoms with E-state index in [1.54, 1.807) is 6.08 Å². The van der Waals surface area contributed by atoms with E-state index in [1.807, 2.05) is 24.3 Å². The zero-order chi connectivity index (χ0) is 11.8. The number of hydrogen-bond donors (Lipinski definition) is 2. The monoisotopic (exact) mass is 218 g/mol. The number of benzene rings is 1. The molecule has 0 saturated carbocycles. The second-order valence-corrected chi connectivity index (χ2v) is 3.63. The summed E-state index contributed by atoms with van der Waals surface area (Å²) in [6.07, 6.45) is 3.76. The fourth-order valence-electron chi connectivity index (χ4n) is 1.41. The molecule has 0 heterocycles. The number of nitrogens with one attached hydrogen (secondary N) is 1. The van der Waals surface area contributed by atoms with Crippen molar-refractivity contribution in [3.05, 3.63) is 42.5 Å². The Morgan fingerprint density at radius 1 is 1.44 bits per heavy atom. The molecule has 0 aliphatic heterocycles. The molecule has 1 amide bonds. The van der Waals surface area contributed by atoms with Crippen LogP contribution in [0.2, 0.25) is 0 Å². The van der Waals surface area contributed by atoms with E-state index in [9.17, 15) is 4.79 Å². The standard InChI is InChI=1S/C13H18N2O/c1-2-3-10-15-13(16)9-8-11-6-4-5-7-12(11)14/h2,4-7H,1,3,8-10,14H2,(H,15,16). The quantitative estimate of drug-likeness (QED) is 0.435. The van der Waals surface area contributed by atoms with Crippen molar-refractivity contribution < 1.29 is 4.79 Å². The molecule has 3 nitrogen and oxygen atoms in total. The first-order valence-corrected chi connectivity index (χ1v) is 5.45. The highest BCUT2D eigenvalue weighted by atomic mass is 16.1. The Morgan fingerprint density at radius 3 is 2.88 bits per heavy atom. The van der Waals surface area contributed by atoms with Crippen LogP contribution in [0.5, 0.6) is 0 Å². The molecule has 0 atom stereocenters. The molecule has 0 aromatic heterocycles. The van der Waals surface area contributed by atoms with Gasteiger partial charge in [0.15, 0.2) is 0 Å². The van der Waals surface area contributed by atoms with E-state index >= 15 is 0 Å². The molecule has 1 rings (SSSR count). The molecular weight excluding hydrogens is 200 g/mol. The minimum Gasteiger partial charge on any atom is -0.399 e. The van der Waals surface area contributed by atoms with Gasteiger partial charge in [-0.05, 0) is 24.5 Å². The third kappa shape index (κ3) is 4.17. The van der Waals surface area contributed by atoms with Crippen LogP contribution in [0.1, 0.15) is 18.4 Å². The largest absolute Gasteiger partial charge is 0.399 e. The molecule has 0 aliphatic rings. The highest BCUT2D eigenvalue weighted by Crippen LogP contribution is 2.12. The number of hydrogen-bond acceptors (Lipinski definition) is 2. The van der Waals surface area contributed by atoms with Crippen LogP contribution in [-0.2, 0) is 11.2 Å². The lowest BCUT2D eigenvalue weighted by atomic mass is 10.1. The Morgan fingerprint density at radius 2 is 2.19 bits per heavy atom. The third-order valence-electron chi connectivity index (χ3n) is 2.35. The molecule has 3 N–H and O–H groups in total. The summed E-state index contributed by atoms with van der Waals surface area (Å²) in [6, 6.07) is 7.63. The van der Waals surface area contributed by atoms with Crippen LogP contribution < -0.4 is 11.1 Å². The van der Waals surface area contributed by atoms with Crippen LogP contribution in [0, 0.1) is 0 Å². The highest BCUT2D eigenvalue weighted by Gasteiger charge is 2.03. The molecule has 86 valence electrons. The molecule has 0 radical (unpaired) electrons. The first kappa shape index (κ1) is 12.3. The summed E-state index contributed by atoms with van der Waals surface area (Å²) < 4.78 is 0. The van der Waals surface area contributed by atoms with Crippen LogP contribution in [-0.4, -0.2) is 12.5 Å². The summed E-state index contributed by atoms with van der Waals surface area (Å²) in [5, 5.41) is 2.82. The second-order valence-electron chi connectivity index (χ2n) is 3.63. The number of anilines is 1. The molecule has 0 unspecified atom stereocenters. The van der Waals surface area contributed by atoms with E-state index in [2.05, 4.69) is 11.9 Å². The van der Waals surface area contributed by atoms with Crippen molar-refractivity contribution in [3.8, 4) is 0 Å². The fraction of sp³-hybridized carbons (Fsp3) is 0.308. The maximum absolute atomic E-state index is 11.4. The Labute approximate surface area is 96.3 Å². The van der Waals surface area contributed by atoms with Gasteiger partial charge in [0.2, 0.25) is 5.91 Å². The number of para-hydroxylation sites is 1. The summed E-state index contributed by atoms with van der Waals surface area (Å²) in [7, 11) is 0. The van der Waals surface area contributed by atoms with E-state index in [0.717, 1.165) is 17.7 Å². The summed E-state index contributed by atoms with van der Waals surface area (Å²) in [6.45, 7) is 4.25. The molecule has 0 saturated heterocycles. The lowest BCUT2D eigenvalue weighted by molar-refractivity contribution is -0.121. The predicted octanol–water partition coefficient (Wildman–Crippen LogP) is 1.89. The van der Waals surface area contributed by atoms with Crippen molar-refractivity contribution in [2.75, 3.05) is 12.3 Å². The zero-order valence-electron chi connectivity index (χ0n) is 9.41. The van der Waals surface area contributed by atoms with E-state index in [-0.39, 0.29) is 5.91 Å². The van der Waals surface area contributed by atoms with Gasteiger partial charge in [-0.2, -0.15) is 0 Å². The van der Waals surface area contributed by atoms with Gasteiger partial charge in [0.25, 0.3) is 0 Å². The second kappa shape index (κ2) is 6.67. The van der Waals surface area contributed by atoms with Gasteiger partial charge in [-0.3, -0.25) is 4.79 Å². The number of carbonyl (C=O) groups excluding carboxylic acids is 1. The van der Waals surface area contributed by atoms with Crippen molar-refractivity contribution in [1.29, 1.82) is 0 Å². The molecule has 1 aromatic rings. The minimum atomic E-state index is 0.0603. The molecule has 16 heavy (non-hydrogen) atoms. The first-order valence-electron chi connectivity index (χ1n) is 5.45. The summed E-state index contributed by atoms with van der Waals surface area (Å²) in [5.41, 5.74) is 7.56. The lowest BCUT2D eigenvalue weighted by Crippen LogP contribution is -2.24. The van der Waals surface area contributed by atoms with Gasteiger partial charge < -0.3 is 11.1 Å². The summed E-state index contributed by atoms with van der Waals surface area (Å²) in [5.74, 6) is 0.0603. The molecule has 1 aromatic carbocycles. The van der Waals surface area contributed by atoms with Gasteiger partial charge >= 0.3 is 0 Å². The SMILES string of the molecule is C=CCCNC(=O)CCc1ccccc1N. The summed E-state index contributed by atoms with van der Waals surface area (Å²) >= 11 is 0. The topological polar surface area (TPSA) is 55.1 Å². The molecule has 0 fully saturated rings. The van der Waals surface area contributed by atoms with Gasteiger partial charge in [-0.25, -0.2) is 0 Å². The zero-order valence-corrected chi connectivity index (χ0v) is 9.41. The number of amides is 1. The fourth-order valence-corrected chi connectivity index (χ4v) is 1.41. The number of aryl methyl sites for hydroxylation is 1. The van der Waals surface area contributed by atoms with Crippen molar-refractivity contribution in [1.82, 2.24) is 5.32 Å². The number of nitrogens with two attached hydrogens (primary N) is 1. The van der Waals surface area contributed by atoms with Crippen LogP contribution in [0.25, 0.3) is 0 Å². The third-order valence-corrected chi connectivity index (χ3v) is 2.35. The van der Waals surface area contributed by atoms with Crippen LogP contribution >= 0.6 is 0 Å². The Kier molecular flexibility index (Phi) is 5.12. The van der Waals surface area contributed by atoms with Gasteiger partial charge in [-0.1, -0.05) is 24.3 Å². The number of carbonyl (C=O) groups is 1. The van der Waals surface area contributed by atoms with Gasteiger partial charge in [0.1, 0.15) is 0 Å². The van der Waals surface area contributed by atoms with Crippen molar-refractivity contribution in [2.45, 2.75) is 19.3 Å². The smallest absolute Gasteiger partial charge is 0.220 e. The van der Waals surface area contributed by atoms with E-state index in [1.165, 1.54) is 0 Å². The summed E-state index contributed by atoms with van der Waals surface area (Å²) in [4.78, 5) is 11.4. The maximum Gasteiger partial charge on any atom is 0.220 e. The van der Waals surface area contributed by atoms with Crippen LogP contribution in [0.15, 0.2) is 36.9 Å². The van der Waals surface area contributed by atoms with Gasteiger partial charge in [0.05, 0.1) is 0 Å². The van der Waals surface area contributed by atoms with E-state index < -0.39 is 0 Å². The van der Waals surface area contributed by atoms with E-state index in [4.69, 9.17) is 5.73 Å². The van der Waals surface area contributed by atoms with Gasteiger partial charge in [0, 0.05) is 18.7 Å². The van der Waals surface area contributed by atoms with Gasteiger partial charge in [-0.15, -0.1) is 6.58 Å². The van der Waals surface area contributed by atoms with Crippen molar-refractivity contribution in [2.24, 2.45) is 0 Å². The maximum atomic E-state index is 11.4. The number of nitrogen functional groups attached to an aromatic ring is 1. The Bertz CT molecular complexity index is 361. The molecule has 3 heteroatoms. The molecule has 0 aliphatic carbocycles. The molecular formula is C13H18N2O. The Hall–Kier alpha value is -1.77. The van der Waals surface area contributed by atoms with Crippen molar-refractivity contribution in [3.63, 3.8) is 0 Å². The lowest BCUT2D eigenvalue weighted by Gasteiger charge is -2.05. The average molecular weight is 218 g/mol. The van der Waals surface area contributed by atoms with Crippen molar-refractivity contribution >= 4 is 11.6 Å². The Balaban J connectivity index is 2.31. The van der Waals surface area contributed by atoms with Crippen LogP contribution in [0.3, 0.4) is 0 Å². The molecule has 0 bridgehead atoms.